The van der Waals surface area contributed by atoms with Gasteiger partial charge in [0.25, 0.3) is 5.56 Å². The first kappa shape index (κ1) is 13.5. The van der Waals surface area contributed by atoms with Gasteiger partial charge in [-0.2, -0.15) is 0 Å². The van der Waals surface area contributed by atoms with E-state index < -0.39 is 0 Å². The molecule has 0 spiro atoms. The molecule has 0 aliphatic heterocycles. The minimum atomic E-state index is 0.00620. The van der Waals surface area contributed by atoms with E-state index in [1.807, 2.05) is 24.5 Å². The van der Waals surface area contributed by atoms with E-state index in [2.05, 4.69) is 11.9 Å². The third kappa shape index (κ3) is 2.29. The molecule has 0 N–H and O–H groups in total. The van der Waals surface area contributed by atoms with Crippen molar-refractivity contribution in [2.75, 3.05) is 6.26 Å². The first-order valence-electron chi connectivity index (χ1n) is 6.32. The fourth-order valence-corrected chi connectivity index (χ4v) is 3.64. The number of thiophene rings is 1. The van der Waals surface area contributed by atoms with Gasteiger partial charge in [-0.3, -0.25) is 9.36 Å². The van der Waals surface area contributed by atoms with E-state index in [1.54, 1.807) is 22.2 Å². The number of hydrogen-bond donors (Lipinski definition) is 0. The lowest BCUT2D eigenvalue weighted by atomic mass is 10.3. The maximum absolute atomic E-state index is 12.6. The quantitative estimate of drug-likeness (QED) is 0.547. The van der Waals surface area contributed by atoms with E-state index in [-0.39, 0.29) is 5.56 Å². The molecule has 0 fully saturated rings. The lowest BCUT2D eigenvalue weighted by molar-refractivity contribution is 0.477. The highest BCUT2D eigenvalue weighted by molar-refractivity contribution is 7.98. The zero-order valence-corrected chi connectivity index (χ0v) is 12.9. The standard InChI is InChI=1S/C14H14N2O2S2/c1-3-10-7-11-12(20-10)15-14(19-2)16(13(11)17)8-9-5-4-6-18-9/h4-7H,3,8H2,1-2H3. The third-order valence-corrected chi connectivity index (χ3v) is 4.94. The molecular formula is C14H14N2O2S2. The summed E-state index contributed by atoms with van der Waals surface area (Å²) in [4.78, 5) is 19.3. The molecule has 0 radical (unpaired) electrons. The highest BCUT2D eigenvalue weighted by atomic mass is 32.2. The lowest BCUT2D eigenvalue weighted by Crippen LogP contribution is -2.23. The molecule has 0 atom stereocenters. The van der Waals surface area contributed by atoms with Crippen LogP contribution in [0.2, 0.25) is 0 Å². The minimum Gasteiger partial charge on any atom is -0.467 e. The Kier molecular flexibility index (Phi) is 3.67. The predicted octanol–water partition coefficient (Wildman–Crippen LogP) is 3.38. The van der Waals surface area contributed by atoms with Gasteiger partial charge in [0.2, 0.25) is 0 Å². The molecule has 0 aliphatic carbocycles. The third-order valence-electron chi connectivity index (χ3n) is 3.09. The van der Waals surface area contributed by atoms with Gasteiger partial charge in [-0.05, 0) is 30.9 Å². The van der Waals surface area contributed by atoms with Gasteiger partial charge in [0.05, 0.1) is 18.2 Å². The fourth-order valence-electron chi connectivity index (χ4n) is 2.07. The zero-order valence-electron chi connectivity index (χ0n) is 11.3. The molecule has 0 aromatic carbocycles. The highest BCUT2D eigenvalue weighted by Crippen LogP contribution is 2.24. The van der Waals surface area contributed by atoms with Crippen molar-refractivity contribution in [1.29, 1.82) is 0 Å². The van der Waals surface area contributed by atoms with Gasteiger partial charge in [0.15, 0.2) is 5.16 Å². The Morgan fingerprint density at radius 1 is 1.50 bits per heavy atom. The van der Waals surface area contributed by atoms with Gasteiger partial charge in [0.1, 0.15) is 10.6 Å². The summed E-state index contributed by atoms with van der Waals surface area (Å²) < 4.78 is 7.01. The predicted molar refractivity (Wildman–Crippen MR) is 82.8 cm³/mol. The van der Waals surface area contributed by atoms with Gasteiger partial charge in [-0.1, -0.05) is 18.7 Å². The zero-order chi connectivity index (χ0) is 14.1. The molecule has 0 saturated heterocycles. The van der Waals surface area contributed by atoms with Gasteiger partial charge in [-0.15, -0.1) is 11.3 Å². The second-order valence-corrected chi connectivity index (χ2v) is 6.24. The van der Waals surface area contributed by atoms with Crippen LogP contribution in [0.1, 0.15) is 17.6 Å². The Bertz CT molecular complexity index is 787. The van der Waals surface area contributed by atoms with E-state index in [1.165, 1.54) is 16.6 Å². The van der Waals surface area contributed by atoms with Crippen molar-refractivity contribution in [3.05, 3.63) is 45.5 Å². The molecular weight excluding hydrogens is 292 g/mol. The molecule has 0 unspecified atom stereocenters. The van der Waals surface area contributed by atoms with Gasteiger partial charge in [-0.25, -0.2) is 4.98 Å². The van der Waals surface area contributed by atoms with Crippen molar-refractivity contribution >= 4 is 33.3 Å². The van der Waals surface area contributed by atoms with Crippen molar-refractivity contribution in [3.8, 4) is 0 Å². The van der Waals surface area contributed by atoms with Crippen LogP contribution in [0.4, 0.5) is 0 Å². The molecule has 3 heterocycles. The van der Waals surface area contributed by atoms with Gasteiger partial charge in [0, 0.05) is 4.88 Å². The van der Waals surface area contributed by atoms with Crippen molar-refractivity contribution in [2.24, 2.45) is 0 Å². The summed E-state index contributed by atoms with van der Waals surface area (Å²) in [6.07, 6.45) is 4.47. The Balaban J connectivity index is 2.18. The van der Waals surface area contributed by atoms with Crippen LogP contribution < -0.4 is 5.56 Å². The van der Waals surface area contributed by atoms with Crippen LogP contribution in [-0.2, 0) is 13.0 Å². The van der Waals surface area contributed by atoms with Crippen molar-refractivity contribution < 1.29 is 4.42 Å². The molecule has 6 heteroatoms. The topological polar surface area (TPSA) is 48.0 Å². The Labute approximate surface area is 124 Å². The maximum Gasteiger partial charge on any atom is 0.263 e. The number of nitrogens with zero attached hydrogens (tertiary/aromatic N) is 2. The molecule has 0 amide bonds. The Morgan fingerprint density at radius 2 is 2.35 bits per heavy atom. The summed E-state index contributed by atoms with van der Waals surface area (Å²) in [5.41, 5.74) is 0.00620. The maximum atomic E-state index is 12.6. The number of aryl methyl sites for hydroxylation is 1. The van der Waals surface area contributed by atoms with Crippen LogP contribution in [0.5, 0.6) is 0 Å². The summed E-state index contributed by atoms with van der Waals surface area (Å²) >= 11 is 3.08. The van der Waals surface area contributed by atoms with E-state index in [0.717, 1.165) is 22.2 Å². The van der Waals surface area contributed by atoms with E-state index >= 15 is 0 Å². The molecule has 0 saturated carbocycles. The largest absolute Gasteiger partial charge is 0.467 e. The van der Waals surface area contributed by atoms with Gasteiger partial charge >= 0.3 is 0 Å². The van der Waals surface area contributed by atoms with Crippen LogP contribution in [0.25, 0.3) is 10.2 Å². The molecule has 20 heavy (non-hydrogen) atoms. The summed E-state index contributed by atoms with van der Waals surface area (Å²) in [6, 6.07) is 5.65. The molecule has 104 valence electrons. The van der Waals surface area contributed by atoms with E-state index in [4.69, 9.17) is 4.42 Å². The van der Waals surface area contributed by atoms with Crippen molar-refractivity contribution in [1.82, 2.24) is 9.55 Å². The van der Waals surface area contributed by atoms with Crippen LogP contribution in [-0.4, -0.2) is 15.8 Å². The molecule has 0 aliphatic rings. The average Bonchev–Trinajstić information content (AvgIpc) is 3.10. The lowest BCUT2D eigenvalue weighted by Gasteiger charge is -2.08. The molecule has 0 bridgehead atoms. The van der Waals surface area contributed by atoms with E-state index in [9.17, 15) is 4.79 Å². The SMILES string of the molecule is CCc1cc2c(=O)n(Cc3ccco3)c(SC)nc2s1. The second-order valence-electron chi connectivity index (χ2n) is 4.35. The molecule has 3 aromatic rings. The molecule has 4 nitrogen and oxygen atoms in total. The fraction of sp³-hybridized carbons (Fsp3) is 0.286. The second kappa shape index (κ2) is 5.46. The Morgan fingerprint density at radius 3 is 3.00 bits per heavy atom. The summed E-state index contributed by atoms with van der Waals surface area (Å²) in [6.45, 7) is 2.50. The molecule has 3 aromatic heterocycles. The van der Waals surface area contributed by atoms with Crippen molar-refractivity contribution in [2.45, 2.75) is 25.0 Å². The monoisotopic (exact) mass is 306 g/mol. The van der Waals surface area contributed by atoms with Crippen molar-refractivity contribution in [3.63, 3.8) is 0 Å². The smallest absolute Gasteiger partial charge is 0.263 e. The average molecular weight is 306 g/mol. The van der Waals surface area contributed by atoms with Crippen LogP contribution in [0.3, 0.4) is 0 Å². The molecule has 3 rings (SSSR count). The Hall–Kier alpha value is -1.53. The number of rotatable bonds is 4. The van der Waals surface area contributed by atoms with Crippen LogP contribution in [0.15, 0.2) is 38.8 Å². The number of thioether (sulfide) groups is 1. The normalized spacial score (nSPS) is 11.3. The summed E-state index contributed by atoms with van der Waals surface area (Å²) in [7, 11) is 0. The summed E-state index contributed by atoms with van der Waals surface area (Å²) in [5, 5.41) is 1.43. The minimum absolute atomic E-state index is 0.00620. The van der Waals surface area contributed by atoms with Crippen LogP contribution >= 0.6 is 23.1 Å². The van der Waals surface area contributed by atoms with Gasteiger partial charge < -0.3 is 4.42 Å². The summed E-state index contributed by atoms with van der Waals surface area (Å²) in [5.74, 6) is 0.759. The number of aromatic nitrogens is 2. The number of furan rings is 1. The van der Waals surface area contributed by atoms with E-state index in [0.29, 0.717) is 11.9 Å². The first-order valence-corrected chi connectivity index (χ1v) is 8.36. The number of fused-ring (bicyclic) bond motifs is 1. The van der Waals surface area contributed by atoms with Crippen LogP contribution in [0, 0.1) is 0 Å². The highest BCUT2D eigenvalue weighted by Gasteiger charge is 2.14. The number of hydrogen-bond acceptors (Lipinski definition) is 5. The first-order chi connectivity index (χ1) is 9.72.